The summed E-state index contributed by atoms with van der Waals surface area (Å²) in [4.78, 5) is 0. The number of aromatic nitrogens is 2. The highest BCUT2D eigenvalue weighted by Crippen LogP contribution is 2.19. The van der Waals surface area contributed by atoms with Crippen LogP contribution >= 0.6 is 0 Å². The number of hydrogen-bond donors (Lipinski definition) is 1. The third-order valence-corrected chi connectivity index (χ3v) is 5.33. The smallest absolute Gasteiger partial charge is 0.152 e. The van der Waals surface area contributed by atoms with E-state index in [0.29, 0.717) is 19.0 Å². The molecular weight excluding hydrogens is 262 g/mol. The van der Waals surface area contributed by atoms with Crippen molar-refractivity contribution in [2.45, 2.75) is 52.2 Å². The third kappa shape index (κ3) is 4.31. The predicted molar refractivity (Wildman–Crippen MR) is 75.8 cm³/mol. The van der Waals surface area contributed by atoms with E-state index < -0.39 is 9.84 Å². The van der Waals surface area contributed by atoms with Gasteiger partial charge in [0.15, 0.2) is 9.84 Å². The summed E-state index contributed by atoms with van der Waals surface area (Å²) in [5, 5.41) is 7.74. The van der Waals surface area contributed by atoms with Gasteiger partial charge in [0, 0.05) is 29.6 Å². The molecule has 5 nitrogen and oxygen atoms in total. The van der Waals surface area contributed by atoms with Gasteiger partial charge in [0.1, 0.15) is 0 Å². The molecule has 1 heterocycles. The second-order valence-corrected chi connectivity index (χ2v) is 7.59. The maximum absolute atomic E-state index is 11.7. The lowest BCUT2D eigenvalue weighted by Gasteiger charge is -2.07. The first-order chi connectivity index (χ1) is 9.02. The van der Waals surface area contributed by atoms with E-state index >= 15 is 0 Å². The van der Waals surface area contributed by atoms with Gasteiger partial charge in [-0.3, -0.25) is 4.68 Å². The number of aryl methyl sites for hydroxylation is 1. The molecule has 0 spiro atoms. The fourth-order valence-electron chi connectivity index (χ4n) is 2.06. The molecule has 0 amide bonds. The zero-order chi connectivity index (χ0) is 13.9. The zero-order valence-electron chi connectivity index (χ0n) is 11.7. The van der Waals surface area contributed by atoms with Crippen LogP contribution in [0.25, 0.3) is 0 Å². The predicted octanol–water partition coefficient (Wildman–Crippen LogP) is 1.27. The average molecular weight is 285 g/mol. The standard InChI is InChI=1S/C13H23N3O2S/c1-3-7-19(17,18)8-6-16-11(2)12(10-15-16)9-14-13-4-5-13/h10,13-14H,3-9H2,1-2H3. The molecule has 0 aliphatic heterocycles. The van der Waals surface area contributed by atoms with Crippen LogP contribution in [-0.2, 0) is 22.9 Å². The monoisotopic (exact) mass is 285 g/mol. The Labute approximate surface area is 115 Å². The lowest BCUT2D eigenvalue weighted by molar-refractivity contribution is 0.575. The van der Waals surface area contributed by atoms with Crippen LogP contribution in [0.3, 0.4) is 0 Å². The van der Waals surface area contributed by atoms with E-state index in [4.69, 9.17) is 0 Å². The highest BCUT2D eigenvalue weighted by atomic mass is 32.2. The van der Waals surface area contributed by atoms with Crippen LogP contribution in [0.5, 0.6) is 0 Å². The molecule has 0 radical (unpaired) electrons. The molecule has 6 heteroatoms. The zero-order valence-corrected chi connectivity index (χ0v) is 12.5. The lowest BCUT2D eigenvalue weighted by atomic mass is 10.2. The first-order valence-electron chi connectivity index (χ1n) is 6.97. The number of hydrogen-bond acceptors (Lipinski definition) is 4. The van der Waals surface area contributed by atoms with Crippen molar-refractivity contribution in [2.75, 3.05) is 11.5 Å². The molecule has 1 fully saturated rings. The fourth-order valence-corrected chi connectivity index (χ4v) is 3.34. The molecule has 1 N–H and O–H groups in total. The molecule has 108 valence electrons. The van der Waals surface area contributed by atoms with E-state index in [1.54, 1.807) is 4.68 Å². The molecule has 1 aromatic rings. The van der Waals surface area contributed by atoms with E-state index in [9.17, 15) is 8.42 Å². The molecule has 0 saturated heterocycles. The van der Waals surface area contributed by atoms with Gasteiger partial charge in [-0.25, -0.2) is 8.42 Å². The number of nitrogens with one attached hydrogen (secondary N) is 1. The van der Waals surface area contributed by atoms with Crippen molar-refractivity contribution < 1.29 is 8.42 Å². The Hall–Kier alpha value is -0.880. The van der Waals surface area contributed by atoms with Gasteiger partial charge >= 0.3 is 0 Å². The molecule has 0 atom stereocenters. The first-order valence-corrected chi connectivity index (χ1v) is 8.79. The molecule has 2 rings (SSSR count). The van der Waals surface area contributed by atoms with Crippen molar-refractivity contribution >= 4 is 9.84 Å². The molecular formula is C13H23N3O2S. The topological polar surface area (TPSA) is 64.0 Å². The highest BCUT2D eigenvalue weighted by Gasteiger charge is 2.21. The van der Waals surface area contributed by atoms with Gasteiger partial charge in [-0.1, -0.05) is 6.92 Å². The van der Waals surface area contributed by atoms with Crippen molar-refractivity contribution in [1.29, 1.82) is 0 Å². The SMILES string of the molecule is CCCS(=O)(=O)CCn1ncc(CNC2CC2)c1C. The maximum atomic E-state index is 11.7. The quantitative estimate of drug-likeness (QED) is 0.781. The Morgan fingerprint density at radius 1 is 1.42 bits per heavy atom. The Kier molecular flexibility index (Phi) is 4.62. The second-order valence-electron chi connectivity index (χ2n) is 5.29. The summed E-state index contributed by atoms with van der Waals surface area (Å²) in [6.45, 7) is 5.18. The van der Waals surface area contributed by atoms with Gasteiger partial charge in [-0.2, -0.15) is 5.10 Å². The number of sulfone groups is 1. The Bertz CT molecular complexity index is 518. The molecule has 1 aromatic heterocycles. The maximum Gasteiger partial charge on any atom is 0.152 e. The lowest BCUT2D eigenvalue weighted by Crippen LogP contribution is -2.18. The van der Waals surface area contributed by atoms with Crippen molar-refractivity contribution in [1.82, 2.24) is 15.1 Å². The van der Waals surface area contributed by atoms with Crippen LogP contribution in [0, 0.1) is 6.92 Å². The second kappa shape index (κ2) is 6.05. The summed E-state index contributed by atoms with van der Waals surface area (Å²) >= 11 is 0. The molecule has 1 saturated carbocycles. The summed E-state index contributed by atoms with van der Waals surface area (Å²) in [6.07, 6.45) is 5.05. The number of rotatable bonds is 8. The van der Waals surface area contributed by atoms with E-state index in [1.165, 1.54) is 18.4 Å². The summed E-state index contributed by atoms with van der Waals surface area (Å²) < 4.78 is 25.2. The van der Waals surface area contributed by atoms with Gasteiger partial charge in [0.25, 0.3) is 0 Å². The van der Waals surface area contributed by atoms with Crippen LogP contribution in [0.2, 0.25) is 0 Å². The minimum Gasteiger partial charge on any atom is -0.310 e. The summed E-state index contributed by atoms with van der Waals surface area (Å²) in [5.41, 5.74) is 2.24. The van der Waals surface area contributed by atoms with E-state index in [1.807, 2.05) is 20.0 Å². The van der Waals surface area contributed by atoms with Gasteiger partial charge in [0.05, 0.1) is 18.5 Å². The van der Waals surface area contributed by atoms with Crippen molar-refractivity contribution in [2.24, 2.45) is 0 Å². The van der Waals surface area contributed by atoms with Crippen molar-refractivity contribution in [3.05, 3.63) is 17.5 Å². The Balaban J connectivity index is 1.89. The summed E-state index contributed by atoms with van der Waals surface area (Å²) in [6, 6.07) is 0.674. The fraction of sp³-hybridized carbons (Fsp3) is 0.769. The third-order valence-electron chi connectivity index (χ3n) is 3.49. The van der Waals surface area contributed by atoms with Gasteiger partial charge in [-0.05, 0) is 26.2 Å². The molecule has 0 aromatic carbocycles. The normalized spacial score (nSPS) is 15.9. The van der Waals surface area contributed by atoms with Crippen LogP contribution in [-0.4, -0.2) is 35.7 Å². The molecule has 0 unspecified atom stereocenters. The summed E-state index contributed by atoms with van der Waals surface area (Å²) in [5.74, 6) is 0.447. The van der Waals surface area contributed by atoms with Crippen LogP contribution in [0.1, 0.15) is 37.4 Å². The largest absolute Gasteiger partial charge is 0.310 e. The molecule has 0 bridgehead atoms. The van der Waals surface area contributed by atoms with E-state index in [-0.39, 0.29) is 11.5 Å². The van der Waals surface area contributed by atoms with Crippen LogP contribution in [0.4, 0.5) is 0 Å². The minimum atomic E-state index is -2.93. The minimum absolute atomic E-state index is 0.179. The molecule has 1 aliphatic carbocycles. The van der Waals surface area contributed by atoms with Crippen LogP contribution in [0.15, 0.2) is 6.20 Å². The van der Waals surface area contributed by atoms with E-state index in [2.05, 4.69) is 10.4 Å². The average Bonchev–Trinajstić information content (AvgIpc) is 3.10. The van der Waals surface area contributed by atoms with Crippen LogP contribution < -0.4 is 5.32 Å². The van der Waals surface area contributed by atoms with E-state index in [0.717, 1.165) is 12.2 Å². The molecule has 1 aliphatic rings. The highest BCUT2D eigenvalue weighted by molar-refractivity contribution is 7.91. The Morgan fingerprint density at radius 2 is 2.16 bits per heavy atom. The molecule has 19 heavy (non-hydrogen) atoms. The summed E-state index contributed by atoms with van der Waals surface area (Å²) in [7, 11) is -2.93. The van der Waals surface area contributed by atoms with Gasteiger partial charge < -0.3 is 5.32 Å². The Morgan fingerprint density at radius 3 is 2.79 bits per heavy atom. The van der Waals surface area contributed by atoms with Crippen molar-refractivity contribution in [3.63, 3.8) is 0 Å². The van der Waals surface area contributed by atoms with Gasteiger partial charge in [0.2, 0.25) is 0 Å². The van der Waals surface area contributed by atoms with Crippen molar-refractivity contribution in [3.8, 4) is 0 Å². The number of nitrogens with zero attached hydrogens (tertiary/aromatic N) is 2. The van der Waals surface area contributed by atoms with Gasteiger partial charge in [-0.15, -0.1) is 0 Å². The first kappa shape index (κ1) is 14.5.